The lowest BCUT2D eigenvalue weighted by Crippen LogP contribution is -2.53. The number of ether oxygens (including phenoxy) is 2. The summed E-state index contributed by atoms with van der Waals surface area (Å²) in [4.78, 5) is 75.9. The summed E-state index contributed by atoms with van der Waals surface area (Å²) in [6.45, 7) is 14.8. The van der Waals surface area contributed by atoms with E-state index in [2.05, 4.69) is 53.6 Å². The number of piperazine rings is 2. The van der Waals surface area contributed by atoms with E-state index in [0.29, 0.717) is 55.6 Å². The Morgan fingerprint density at radius 1 is 0.913 bits per heavy atom. The molecule has 0 bridgehead atoms. The molecule has 5 heterocycles. The monoisotopic (exact) mass is 998 g/mol. The minimum Gasteiger partial charge on any atom is -0.497 e. The third-order valence-corrected chi connectivity index (χ3v) is 16.6. The Bertz CT molecular complexity index is 2040. The molecule has 6 atom stereocenters. The van der Waals surface area contributed by atoms with Gasteiger partial charge in [0.05, 0.1) is 23.8 Å². The fraction of sp³-hybridized carbons (Fsp3) is 0.646. The summed E-state index contributed by atoms with van der Waals surface area (Å²) in [5.74, 6) is 1.92. The smallest absolute Gasteiger partial charge is 0.321 e. The molecular weight excluding hydrogens is 926 g/mol. The van der Waals surface area contributed by atoms with E-state index in [1.165, 1.54) is 24.9 Å². The van der Waals surface area contributed by atoms with Crippen LogP contribution in [-0.2, 0) is 14.4 Å². The van der Waals surface area contributed by atoms with Crippen molar-refractivity contribution in [2.45, 2.75) is 74.2 Å². The largest absolute Gasteiger partial charge is 0.497 e. The number of rotatable bonds is 19. The van der Waals surface area contributed by atoms with E-state index in [-0.39, 0.29) is 65.5 Å². The van der Waals surface area contributed by atoms with Crippen LogP contribution in [0.25, 0.3) is 0 Å². The van der Waals surface area contributed by atoms with Crippen LogP contribution < -0.4 is 41.4 Å². The molecule has 0 spiro atoms. The van der Waals surface area contributed by atoms with Gasteiger partial charge in [0, 0.05) is 120 Å². The van der Waals surface area contributed by atoms with E-state index >= 15 is 0 Å². The number of urea groups is 2. The van der Waals surface area contributed by atoms with Crippen molar-refractivity contribution in [1.82, 2.24) is 51.1 Å². The zero-order valence-corrected chi connectivity index (χ0v) is 42.1. The molecular formula is C48H72FN11O7S2. The molecule has 7 amide bonds. The zero-order chi connectivity index (χ0) is 48.9. The van der Waals surface area contributed by atoms with Gasteiger partial charge in [-0.3, -0.25) is 29.5 Å². The number of amides is 7. The normalized spacial score (nSPS) is 23.9. The van der Waals surface area contributed by atoms with Gasteiger partial charge < -0.3 is 50.8 Å². The number of anilines is 1. The maximum absolute atomic E-state index is 14.9. The van der Waals surface area contributed by atoms with Crippen molar-refractivity contribution in [2.24, 2.45) is 11.8 Å². The Labute approximate surface area is 414 Å². The number of nitrogens with zero attached hydrogens (tertiary/aromatic N) is 5. The minimum absolute atomic E-state index is 0.00790. The number of methoxy groups -OCH3 is 1. The first kappa shape index (κ1) is 52.3. The van der Waals surface area contributed by atoms with Crippen LogP contribution in [0.3, 0.4) is 0 Å². The van der Waals surface area contributed by atoms with E-state index in [1.54, 1.807) is 30.8 Å². The second kappa shape index (κ2) is 25.5. The third-order valence-electron chi connectivity index (χ3n) is 13.8. The molecule has 0 aromatic heterocycles. The Morgan fingerprint density at radius 2 is 1.61 bits per heavy atom. The van der Waals surface area contributed by atoms with Crippen LogP contribution in [-0.4, -0.2) is 188 Å². The van der Waals surface area contributed by atoms with Gasteiger partial charge in [-0.25, -0.2) is 14.0 Å². The van der Waals surface area contributed by atoms with E-state index in [1.807, 2.05) is 41.0 Å². The molecule has 69 heavy (non-hydrogen) atoms. The minimum atomic E-state index is -0.634. The number of halogens is 1. The predicted octanol–water partition coefficient (Wildman–Crippen LogP) is 3.38. The summed E-state index contributed by atoms with van der Waals surface area (Å²) in [7, 11) is 3.54. The van der Waals surface area contributed by atoms with Gasteiger partial charge in [0.25, 0.3) is 0 Å². The van der Waals surface area contributed by atoms with Crippen LogP contribution in [0.1, 0.15) is 57.6 Å². The van der Waals surface area contributed by atoms with E-state index in [0.717, 1.165) is 89.8 Å². The van der Waals surface area contributed by atoms with Gasteiger partial charge in [0.2, 0.25) is 17.7 Å². The molecule has 0 radical (unpaired) electrons. The SMILES string of the molecule is COc1ccc([C@@H](C)NC(=O)[C@H](CCC(=O)N2CCN(CC3CCN(CCOc4ccc(NC(=O)NC5NC(CC(=O)N6CCN(C)CC6)CS5)cc4)CC3)CC2)SC2NC(=O)NCC2C)c(F)c1. The summed E-state index contributed by atoms with van der Waals surface area (Å²) in [6.07, 6.45) is 3.12. The van der Waals surface area contributed by atoms with Crippen molar-refractivity contribution >= 4 is 59.0 Å². The summed E-state index contributed by atoms with van der Waals surface area (Å²) in [5.41, 5.74) is 0.735. The number of carbonyl (C=O) groups is 5. The fourth-order valence-corrected chi connectivity index (χ4v) is 11.8. The molecule has 5 saturated heterocycles. The van der Waals surface area contributed by atoms with Crippen molar-refractivity contribution in [3.8, 4) is 11.5 Å². The van der Waals surface area contributed by atoms with Crippen LogP contribution in [0.2, 0.25) is 0 Å². The van der Waals surface area contributed by atoms with Gasteiger partial charge in [-0.2, -0.15) is 0 Å². The van der Waals surface area contributed by atoms with Gasteiger partial charge in [0.1, 0.15) is 29.4 Å². The summed E-state index contributed by atoms with van der Waals surface area (Å²) in [6, 6.07) is 10.7. The van der Waals surface area contributed by atoms with Crippen molar-refractivity contribution in [3.05, 3.63) is 53.8 Å². The first-order valence-corrected chi connectivity index (χ1v) is 26.5. The average Bonchev–Trinajstić information content (AvgIpc) is 3.78. The molecule has 7 rings (SSSR count). The number of nitrogens with one attached hydrogen (secondary N) is 6. The highest BCUT2D eigenvalue weighted by molar-refractivity contribution is 8.01. The number of likely N-dealkylation sites (tertiary alicyclic amines) is 1. The number of carbonyl (C=O) groups excluding carboxylic acids is 5. The summed E-state index contributed by atoms with van der Waals surface area (Å²) >= 11 is 2.94. The van der Waals surface area contributed by atoms with Crippen LogP contribution >= 0.6 is 23.5 Å². The molecule has 18 nitrogen and oxygen atoms in total. The molecule has 5 fully saturated rings. The molecule has 6 N–H and O–H groups in total. The maximum Gasteiger partial charge on any atom is 0.321 e. The Balaban J connectivity index is 0.757. The molecule has 2 aromatic carbocycles. The molecule has 5 aliphatic heterocycles. The topological polar surface area (TPSA) is 192 Å². The van der Waals surface area contributed by atoms with E-state index in [4.69, 9.17) is 9.47 Å². The van der Waals surface area contributed by atoms with Crippen molar-refractivity contribution in [2.75, 3.05) is 117 Å². The maximum atomic E-state index is 14.9. The summed E-state index contributed by atoms with van der Waals surface area (Å²) < 4.78 is 26.1. The molecule has 4 unspecified atom stereocenters. The van der Waals surface area contributed by atoms with E-state index < -0.39 is 17.1 Å². The Hall–Kier alpha value is -4.54. The number of hydrogen-bond acceptors (Lipinski definition) is 13. The van der Waals surface area contributed by atoms with Crippen LogP contribution in [0, 0.1) is 17.7 Å². The molecule has 0 aliphatic carbocycles. The van der Waals surface area contributed by atoms with E-state index in [9.17, 15) is 28.4 Å². The molecule has 380 valence electrons. The first-order chi connectivity index (χ1) is 33.3. The average molecular weight is 998 g/mol. The van der Waals surface area contributed by atoms with Gasteiger partial charge in [-0.1, -0.05) is 13.0 Å². The number of benzene rings is 2. The second-order valence-corrected chi connectivity index (χ2v) is 21.4. The first-order valence-electron chi connectivity index (χ1n) is 24.5. The lowest BCUT2D eigenvalue weighted by molar-refractivity contribution is -0.134. The molecule has 21 heteroatoms. The Kier molecular flexibility index (Phi) is 19.4. The quantitative estimate of drug-likeness (QED) is 0.120. The van der Waals surface area contributed by atoms with Crippen molar-refractivity contribution in [1.29, 1.82) is 0 Å². The highest BCUT2D eigenvalue weighted by Crippen LogP contribution is 2.30. The molecule has 0 saturated carbocycles. The standard InChI is InChI=1S/C48H72FN11O7S2/c1-32-29-50-46(64)54-45(32)69-41(44(63)51-33(2)39-10-9-38(66-4)28-40(39)49)11-12-42(61)59-23-19-58(20-24-59)30-34-13-15-57(16-14-34)25-26-67-37-7-5-35(6-8-37)52-47(65)55-48-53-36(31-68-48)27-43(62)60-21-17-56(3)18-22-60/h5-10,28,32-34,36,41,45,48,53H,11-27,29-31H2,1-4H3,(H,51,63)(H2,50,54,64)(H2,52,55,65)/t32?,33-,36?,41+,45?,48?/m1/s1. The van der Waals surface area contributed by atoms with Crippen molar-refractivity contribution in [3.63, 3.8) is 0 Å². The predicted molar refractivity (Wildman–Crippen MR) is 268 cm³/mol. The lowest BCUT2D eigenvalue weighted by Gasteiger charge is -2.39. The number of hydrogen-bond donors (Lipinski definition) is 6. The van der Waals surface area contributed by atoms with Crippen molar-refractivity contribution < 1.29 is 37.8 Å². The van der Waals surface area contributed by atoms with Crippen LogP contribution in [0.15, 0.2) is 42.5 Å². The molecule has 2 aromatic rings. The highest BCUT2D eigenvalue weighted by atomic mass is 32.2. The van der Waals surface area contributed by atoms with Gasteiger partial charge in [0.15, 0.2) is 0 Å². The lowest BCUT2D eigenvalue weighted by atomic mass is 9.96. The third kappa shape index (κ3) is 15.7. The number of piperidine rings is 1. The van der Waals surface area contributed by atoms with Gasteiger partial charge in [-0.05, 0) is 82.6 Å². The number of thioether (sulfide) groups is 2. The van der Waals surface area contributed by atoms with Crippen LogP contribution in [0.5, 0.6) is 11.5 Å². The van der Waals surface area contributed by atoms with Crippen LogP contribution in [0.4, 0.5) is 19.7 Å². The zero-order valence-electron chi connectivity index (χ0n) is 40.5. The van der Waals surface area contributed by atoms with Gasteiger partial charge >= 0.3 is 12.1 Å². The highest BCUT2D eigenvalue weighted by Gasteiger charge is 2.34. The molecule has 5 aliphatic rings. The Morgan fingerprint density at radius 3 is 2.32 bits per heavy atom. The summed E-state index contributed by atoms with van der Waals surface area (Å²) in [5, 5.41) is 16.9. The number of likely N-dealkylation sites (N-methyl/N-ethyl adjacent to an activating group) is 1. The second-order valence-electron chi connectivity index (χ2n) is 18.9. The van der Waals surface area contributed by atoms with Gasteiger partial charge in [-0.15, -0.1) is 23.5 Å². The fourth-order valence-electron chi connectivity index (χ4n) is 9.34.